The summed E-state index contributed by atoms with van der Waals surface area (Å²) in [7, 11) is 0. The first-order valence-electron chi connectivity index (χ1n) is 14.0. The number of nitrogens with zero attached hydrogens (tertiary/aromatic N) is 4. The number of benzene rings is 3. The van der Waals surface area contributed by atoms with Gasteiger partial charge < -0.3 is 24.4 Å². The lowest BCUT2D eigenvalue weighted by Crippen LogP contribution is -2.49. The van der Waals surface area contributed by atoms with Crippen LogP contribution in [0.2, 0.25) is 0 Å². The zero-order chi connectivity index (χ0) is 33.1. The van der Waals surface area contributed by atoms with E-state index >= 15 is 0 Å². The summed E-state index contributed by atoms with van der Waals surface area (Å²) in [6.07, 6.45) is -7.99. The molecule has 0 bridgehead atoms. The molecular weight excluding hydrogens is 618 g/mol. The Kier molecular flexibility index (Phi) is 9.12. The van der Waals surface area contributed by atoms with Crippen molar-refractivity contribution in [3.8, 4) is 5.75 Å². The van der Waals surface area contributed by atoms with Crippen LogP contribution in [0.1, 0.15) is 27.3 Å². The van der Waals surface area contributed by atoms with E-state index in [4.69, 9.17) is 0 Å². The predicted octanol–water partition coefficient (Wildman–Crippen LogP) is 6.76. The van der Waals surface area contributed by atoms with Crippen molar-refractivity contribution in [3.05, 3.63) is 102 Å². The van der Waals surface area contributed by atoms with Gasteiger partial charge in [0.15, 0.2) is 5.82 Å². The van der Waals surface area contributed by atoms with Crippen molar-refractivity contribution in [3.63, 3.8) is 0 Å². The van der Waals surface area contributed by atoms with E-state index in [9.17, 15) is 35.9 Å². The molecule has 1 aliphatic heterocycles. The van der Waals surface area contributed by atoms with E-state index in [1.54, 1.807) is 4.90 Å². The number of hydrogen-bond acceptors (Lipinski definition) is 5. The molecule has 46 heavy (non-hydrogen) atoms. The molecule has 0 unspecified atom stereocenters. The summed E-state index contributed by atoms with van der Waals surface area (Å²) in [5.41, 5.74) is 1.95. The van der Waals surface area contributed by atoms with Crippen LogP contribution in [0.5, 0.6) is 5.75 Å². The second-order valence-electron chi connectivity index (χ2n) is 10.5. The van der Waals surface area contributed by atoms with Gasteiger partial charge in [-0.2, -0.15) is 13.2 Å². The Balaban J connectivity index is 1.31. The van der Waals surface area contributed by atoms with Gasteiger partial charge in [-0.15, -0.1) is 13.2 Å². The molecule has 1 saturated heterocycles. The number of piperazine rings is 1. The lowest BCUT2D eigenvalue weighted by atomic mass is 10.1. The van der Waals surface area contributed by atoms with Crippen LogP contribution in [0.3, 0.4) is 0 Å². The van der Waals surface area contributed by atoms with Crippen molar-refractivity contribution in [2.45, 2.75) is 26.0 Å². The third-order valence-corrected chi connectivity index (χ3v) is 7.16. The first kappa shape index (κ1) is 32.2. The fourth-order valence-electron chi connectivity index (χ4n) is 4.85. The summed E-state index contributed by atoms with van der Waals surface area (Å²) < 4.78 is 81.7. The van der Waals surface area contributed by atoms with Gasteiger partial charge in [0, 0.05) is 50.3 Å². The van der Waals surface area contributed by atoms with Crippen LogP contribution in [0, 0.1) is 6.92 Å². The minimum absolute atomic E-state index is 0.0144. The molecule has 1 aromatic heterocycles. The number of anilines is 3. The van der Waals surface area contributed by atoms with E-state index in [2.05, 4.69) is 25.3 Å². The molecule has 2 heterocycles. The molecule has 3 aromatic carbocycles. The lowest BCUT2D eigenvalue weighted by molar-refractivity contribution is -0.274. The molecule has 4 aromatic rings. The molecule has 0 saturated carbocycles. The van der Waals surface area contributed by atoms with Crippen molar-refractivity contribution in [2.24, 2.45) is 0 Å². The van der Waals surface area contributed by atoms with E-state index in [0.717, 1.165) is 35.5 Å². The number of carbonyl (C=O) groups excluding carboxylic acids is 2. The molecule has 0 radical (unpaired) electrons. The second-order valence-corrected chi connectivity index (χ2v) is 10.5. The Labute approximate surface area is 259 Å². The standard InChI is InChI=1S/C31H28F6N6O3/c1-20-2-10-24(11-3-20)41-14-16-42(17-15-41)28(44)27-39-26(19-43(27)18-21-4-6-22(7-5-21)30(32,33)34)40-29(45)38-23-8-12-25(13-9-23)46-31(35,36)37/h2-13,19H,14-18H2,1H3,(H2,38,40,45). The maximum absolute atomic E-state index is 13.7. The van der Waals surface area contributed by atoms with Crippen LogP contribution >= 0.6 is 0 Å². The normalized spacial score (nSPS) is 13.8. The van der Waals surface area contributed by atoms with Gasteiger partial charge in [-0.25, -0.2) is 9.78 Å². The highest BCUT2D eigenvalue weighted by Gasteiger charge is 2.32. The van der Waals surface area contributed by atoms with Crippen LogP contribution in [0.25, 0.3) is 0 Å². The molecule has 9 nitrogen and oxygen atoms in total. The molecule has 242 valence electrons. The summed E-state index contributed by atoms with van der Waals surface area (Å²) >= 11 is 0. The third kappa shape index (κ3) is 8.28. The van der Waals surface area contributed by atoms with Crippen molar-refractivity contribution in [1.29, 1.82) is 0 Å². The molecule has 0 aliphatic carbocycles. The highest BCUT2D eigenvalue weighted by atomic mass is 19.4. The quantitative estimate of drug-likeness (QED) is 0.217. The number of aryl methyl sites for hydroxylation is 1. The smallest absolute Gasteiger partial charge is 0.406 e. The van der Waals surface area contributed by atoms with E-state index in [1.165, 1.54) is 35.0 Å². The van der Waals surface area contributed by atoms with Crippen molar-refractivity contribution in [1.82, 2.24) is 14.5 Å². The molecule has 2 N–H and O–H groups in total. The van der Waals surface area contributed by atoms with Gasteiger partial charge in [0.2, 0.25) is 5.82 Å². The molecule has 0 spiro atoms. The number of halogens is 6. The Hall–Kier alpha value is -5.21. The number of aromatic nitrogens is 2. The molecular formula is C31H28F6N6O3. The molecule has 5 rings (SSSR count). The summed E-state index contributed by atoms with van der Waals surface area (Å²) in [6.45, 7) is 3.88. The van der Waals surface area contributed by atoms with Gasteiger partial charge >= 0.3 is 18.6 Å². The summed E-state index contributed by atoms with van der Waals surface area (Å²) in [6, 6.07) is 16.2. The fraction of sp³-hybridized carbons (Fsp3) is 0.258. The summed E-state index contributed by atoms with van der Waals surface area (Å²) in [5, 5.41) is 4.94. The summed E-state index contributed by atoms with van der Waals surface area (Å²) in [4.78, 5) is 34.4. The van der Waals surface area contributed by atoms with Crippen LogP contribution in [-0.2, 0) is 12.7 Å². The van der Waals surface area contributed by atoms with Crippen LogP contribution < -0.4 is 20.3 Å². The number of nitrogens with one attached hydrogen (secondary N) is 2. The van der Waals surface area contributed by atoms with E-state index in [0.29, 0.717) is 31.7 Å². The highest BCUT2D eigenvalue weighted by Crippen LogP contribution is 2.29. The fourth-order valence-corrected chi connectivity index (χ4v) is 4.85. The Bertz CT molecular complexity index is 1660. The van der Waals surface area contributed by atoms with Gasteiger partial charge in [0.25, 0.3) is 5.91 Å². The third-order valence-electron chi connectivity index (χ3n) is 7.16. The number of urea groups is 1. The number of ether oxygens (including phenoxy) is 1. The first-order valence-corrected chi connectivity index (χ1v) is 14.0. The van der Waals surface area contributed by atoms with E-state index in [1.807, 2.05) is 31.2 Å². The van der Waals surface area contributed by atoms with E-state index in [-0.39, 0.29) is 23.9 Å². The van der Waals surface area contributed by atoms with Crippen molar-refractivity contribution < 1.29 is 40.7 Å². The molecule has 15 heteroatoms. The van der Waals surface area contributed by atoms with E-state index < -0.39 is 35.8 Å². The predicted molar refractivity (Wildman–Crippen MR) is 158 cm³/mol. The van der Waals surface area contributed by atoms with Gasteiger partial charge in [-0.1, -0.05) is 29.8 Å². The maximum Gasteiger partial charge on any atom is 0.573 e. The average molecular weight is 647 g/mol. The zero-order valence-electron chi connectivity index (χ0n) is 24.3. The number of carbonyl (C=O) groups is 2. The van der Waals surface area contributed by atoms with Crippen molar-refractivity contribution >= 4 is 29.1 Å². The monoisotopic (exact) mass is 646 g/mol. The Morgan fingerprint density at radius 3 is 2.04 bits per heavy atom. The van der Waals surface area contributed by atoms with Gasteiger partial charge in [0.05, 0.1) is 5.56 Å². The van der Waals surface area contributed by atoms with Crippen LogP contribution in [0.4, 0.5) is 48.3 Å². The zero-order valence-corrected chi connectivity index (χ0v) is 24.3. The number of amides is 3. The average Bonchev–Trinajstić information content (AvgIpc) is 3.39. The minimum Gasteiger partial charge on any atom is -0.406 e. The molecule has 1 fully saturated rings. The SMILES string of the molecule is Cc1ccc(N2CCN(C(=O)c3nc(NC(=O)Nc4ccc(OC(F)(F)F)cc4)cn3Cc3ccc(C(F)(F)F)cc3)CC2)cc1. The van der Waals surface area contributed by atoms with Crippen LogP contribution in [0.15, 0.2) is 79.0 Å². The van der Waals surface area contributed by atoms with Crippen molar-refractivity contribution in [2.75, 3.05) is 41.7 Å². The largest absolute Gasteiger partial charge is 0.573 e. The van der Waals surface area contributed by atoms with Gasteiger partial charge in [-0.3, -0.25) is 10.1 Å². The highest BCUT2D eigenvalue weighted by molar-refractivity contribution is 6.00. The molecule has 3 amide bonds. The Morgan fingerprint density at radius 2 is 1.46 bits per heavy atom. The number of imidazole rings is 1. The van der Waals surface area contributed by atoms with Crippen LogP contribution in [-0.4, -0.2) is 58.9 Å². The lowest BCUT2D eigenvalue weighted by Gasteiger charge is -2.36. The van der Waals surface area contributed by atoms with Gasteiger partial charge in [0.1, 0.15) is 5.75 Å². The molecule has 0 atom stereocenters. The topological polar surface area (TPSA) is 91.7 Å². The maximum atomic E-state index is 13.7. The number of hydrogen-bond donors (Lipinski definition) is 2. The second kappa shape index (κ2) is 13.0. The first-order chi connectivity index (χ1) is 21.7. The molecule has 1 aliphatic rings. The van der Waals surface area contributed by atoms with Gasteiger partial charge in [-0.05, 0) is 61.0 Å². The Morgan fingerprint density at radius 1 is 0.826 bits per heavy atom. The minimum atomic E-state index is -4.87. The number of alkyl halides is 6. The number of rotatable bonds is 7. The summed E-state index contributed by atoms with van der Waals surface area (Å²) in [5.74, 6) is -0.955.